The van der Waals surface area contributed by atoms with E-state index in [1.807, 2.05) is 43.3 Å². The summed E-state index contributed by atoms with van der Waals surface area (Å²) in [6.07, 6.45) is 4.18. The topological polar surface area (TPSA) is 57.8 Å². The predicted octanol–water partition coefficient (Wildman–Crippen LogP) is 4.08. The molecule has 2 saturated heterocycles. The molecule has 0 saturated carbocycles. The lowest BCUT2D eigenvalue weighted by Gasteiger charge is -2.12. The first-order valence-electron chi connectivity index (χ1n) is 8.38. The van der Waals surface area contributed by atoms with Crippen molar-refractivity contribution in [3.8, 4) is 0 Å². The number of carbonyl (C=O) groups excluding carboxylic acids is 1. The van der Waals surface area contributed by atoms with Crippen LogP contribution < -0.4 is 10.2 Å². The number of benzene rings is 1. The minimum absolute atomic E-state index is 0.143. The minimum atomic E-state index is -0.143. The van der Waals surface area contributed by atoms with Crippen molar-refractivity contribution in [1.29, 1.82) is 0 Å². The molecule has 5 nitrogen and oxygen atoms in total. The first-order valence-corrected chi connectivity index (χ1v) is 9.20. The first-order chi connectivity index (χ1) is 12.2. The number of furan rings is 1. The second-order valence-electron chi connectivity index (χ2n) is 6.19. The monoisotopic (exact) mass is 353 g/mol. The van der Waals surface area contributed by atoms with Gasteiger partial charge in [0, 0.05) is 25.2 Å². The van der Waals surface area contributed by atoms with Gasteiger partial charge in [0.2, 0.25) is 0 Å². The molecule has 0 aliphatic carbocycles. The Balaban J connectivity index is 1.51. The van der Waals surface area contributed by atoms with E-state index in [9.17, 15) is 4.79 Å². The molecule has 1 aromatic carbocycles. The summed E-state index contributed by atoms with van der Waals surface area (Å²) in [7, 11) is 0. The van der Waals surface area contributed by atoms with Crippen LogP contribution in [-0.4, -0.2) is 24.2 Å². The molecular weight excluding hydrogens is 334 g/mol. The van der Waals surface area contributed by atoms with Crippen molar-refractivity contribution in [2.45, 2.75) is 19.8 Å². The molecule has 2 aliphatic heterocycles. The van der Waals surface area contributed by atoms with Crippen LogP contribution in [0.15, 0.2) is 50.7 Å². The van der Waals surface area contributed by atoms with Crippen LogP contribution in [0.2, 0.25) is 0 Å². The zero-order chi connectivity index (χ0) is 17.2. The van der Waals surface area contributed by atoms with Gasteiger partial charge in [-0.25, -0.2) is 4.99 Å². The highest BCUT2D eigenvalue weighted by Gasteiger charge is 2.24. The maximum Gasteiger partial charge on any atom is 0.264 e. The molecule has 25 heavy (non-hydrogen) atoms. The summed E-state index contributed by atoms with van der Waals surface area (Å²) in [5, 5.41) is 3.40. The molecule has 0 bridgehead atoms. The van der Waals surface area contributed by atoms with Gasteiger partial charge < -0.3 is 14.6 Å². The fraction of sp³-hybridized carbons (Fsp3) is 0.263. The van der Waals surface area contributed by atoms with E-state index in [-0.39, 0.29) is 5.91 Å². The zero-order valence-corrected chi connectivity index (χ0v) is 14.8. The molecule has 2 aromatic rings. The summed E-state index contributed by atoms with van der Waals surface area (Å²) >= 11 is 1.33. The molecule has 128 valence electrons. The molecule has 0 atom stereocenters. The highest BCUT2D eigenvalue weighted by atomic mass is 32.2. The van der Waals surface area contributed by atoms with Gasteiger partial charge in [-0.05, 0) is 55.3 Å². The van der Waals surface area contributed by atoms with Crippen LogP contribution in [0.4, 0.5) is 11.6 Å². The summed E-state index contributed by atoms with van der Waals surface area (Å²) in [5.41, 5.74) is 1.97. The van der Waals surface area contributed by atoms with Crippen molar-refractivity contribution in [2.24, 2.45) is 4.99 Å². The molecule has 0 radical (unpaired) electrons. The molecule has 1 aromatic heterocycles. The summed E-state index contributed by atoms with van der Waals surface area (Å²) < 4.78 is 5.86. The van der Waals surface area contributed by atoms with Gasteiger partial charge in [-0.3, -0.25) is 4.79 Å². The minimum Gasteiger partial charge on any atom is -0.441 e. The quantitative estimate of drug-likeness (QED) is 0.845. The summed E-state index contributed by atoms with van der Waals surface area (Å²) in [6.45, 7) is 4.09. The van der Waals surface area contributed by atoms with E-state index in [4.69, 9.17) is 4.42 Å². The molecule has 3 heterocycles. The van der Waals surface area contributed by atoms with E-state index >= 15 is 0 Å². The molecule has 2 fully saturated rings. The standard InChI is InChI=1S/C19H19N3O2S/c1-13-5-4-6-14(11-13)20-19-21-18(23)16(25-19)12-15-7-8-17(24-15)22-9-2-3-10-22/h4-8,11-12H,2-3,9-10H2,1H3,(H,20,21,23)/b16-12-. The Labute approximate surface area is 150 Å². The smallest absolute Gasteiger partial charge is 0.264 e. The fourth-order valence-electron chi connectivity index (χ4n) is 2.95. The number of hydrogen-bond acceptors (Lipinski definition) is 5. The number of nitrogens with zero attached hydrogens (tertiary/aromatic N) is 2. The van der Waals surface area contributed by atoms with Gasteiger partial charge in [0.05, 0.1) is 10.6 Å². The van der Waals surface area contributed by atoms with Gasteiger partial charge in [-0.2, -0.15) is 0 Å². The Hall–Kier alpha value is -2.47. The average Bonchev–Trinajstić information content (AvgIpc) is 3.30. The Morgan fingerprint density at radius 1 is 1.24 bits per heavy atom. The van der Waals surface area contributed by atoms with Crippen molar-refractivity contribution in [1.82, 2.24) is 5.32 Å². The van der Waals surface area contributed by atoms with Gasteiger partial charge >= 0.3 is 0 Å². The lowest BCUT2D eigenvalue weighted by Crippen LogP contribution is -2.19. The van der Waals surface area contributed by atoms with Crippen molar-refractivity contribution in [3.05, 3.63) is 52.6 Å². The van der Waals surface area contributed by atoms with Crippen LogP contribution in [-0.2, 0) is 4.79 Å². The number of thioether (sulfide) groups is 1. The number of aliphatic imine (C=N–C) groups is 1. The van der Waals surface area contributed by atoms with Crippen molar-refractivity contribution in [3.63, 3.8) is 0 Å². The molecule has 2 aliphatic rings. The van der Waals surface area contributed by atoms with E-state index in [1.165, 1.54) is 24.6 Å². The van der Waals surface area contributed by atoms with Crippen LogP contribution in [0.5, 0.6) is 0 Å². The second kappa shape index (κ2) is 6.80. The Morgan fingerprint density at radius 3 is 2.88 bits per heavy atom. The van der Waals surface area contributed by atoms with Gasteiger partial charge in [-0.15, -0.1) is 0 Å². The summed E-state index contributed by atoms with van der Waals surface area (Å²) in [6, 6.07) is 11.8. The van der Waals surface area contributed by atoms with E-state index in [2.05, 4.69) is 15.2 Å². The van der Waals surface area contributed by atoms with E-state index in [0.29, 0.717) is 15.8 Å². The molecular formula is C19H19N3O2S. The third kappa shape index (κ3) is 3.64. The van der Waals surface area contributed by atoms with Gasteiger partial charge in [0.15, 0.2) is 11.1 Å². The third-order valence-corrected chi connectivity index (χ3v) is 5.10. The van der Waals surface area contributed by atoms with E-state index in [1.54, 1.807) is 6.08 Å². The highest BCUT2D eigenvalue weighted by Crippen LogP contribution is 2.30. The Morgan fingerprint density at radius 2 is 2.08 bits per heavy atom. The van der Waals surface area contributed by atoms with Crippen LogP contribution in [0.1, 0.15) is 24.2 Å². The SMILES string of the molecule is Cc1cccc(N=C2NC(=O)/C(=C/c3ccc(N4CCCC4)o3)S2)c1. The maximum absolute atomic E-state index is 12.2. The molecule has 1 N–H and O–H groups in total. The van der Waals surface area contributed by atoms with E-state index in [0.717, 1.165) is 30.2 Å². The number of anilines is 1. The maximum atomic E-state index is 12.2. The van der Waals surface area contributed by atoms with Crippen molar-refractivity contribution < 1.29 is 9.21 Å². The van der Waals surface area contributed by atoms with Gasteiger partial charge in [0.25, 0.3) is 5.91 Å². The number of rotatable bonds is 3. The molecule has 1 amide bonds. The van der Waals surface area contributed by atoms with Crippen LogP contribution in [0.3, 0.4) is 0 Å². The second-order valence-corrected chi connectivity index (χ2v) is 7.22. The van der Waals surface area contributed by atoms with Crippen LogP contribution >= 0.6 is 11.8 Å². The number of amidine groups is 1. The summed E-state index contributed by atoms with van der Waals surface area (Å²) in [5.74, 6) is 1.42. The third-order valence-electron chi connectivity index (χ3n) is 4.19. The van der Waals surface area contributed by atoms with Crippen molar-refractivity contribution in [2.75, 3.05) is 18.0 Å². The lowest BCUT2D eigenvalue weighted by atomic mass is 10.2. The largest absolute Gasteiger partial charge is 0.441 e. The highest BCUT2D eigenvalue weighted by molar-refractivity contribution is 8.18. The number of hydrogen-bond donors (Lipinski definition) is 1. The lowest BCUT2D eigenvalue weighted by molar-refractivity contribution is -0.115. The molecule has 4 rings (SSSR count). The summed E-state index contributed by atoms with van der Waals surface area (Å²) in [4.78, 5) is 19.5. The number of nitrogens with one attached hydrogen (secondary N) is 1. The zero-order valence-electron chi connectivity index (χ0n) is 14.0. The van der Waals surface area contributed by atoms with Gasteiger partial charge in [0.1, 0.15) is 5.76 Å². The Kier molecular flexibility index (Phi) is 4.36. The number of carbonyl (C=O) groups is 1. The molecule has 0 unspecified atom stereocenters. The Bertz CT molecular complexity index is 863. The van der Waals surface area contributed by atoms with Crippen molar-refractivity contribution >= 4 is 40.5 Å². The number of aryl methyl sites for hydroxylation is 1. The first kappa shape index (κ1) is 16.0. The van der Waals surface area contributed by atoms with E-state index < -0.39 is 0 Å². The number of amides is 1. The van der Waals surface area contributed by atoms with Crippen LogP contribution in [0.25, 0.3) is 6.08 Å². The molecule has 0 spiro atoms. The fourth-order valence-corrected chi connectivity index (χ4v) is 3.77. The molecule has 6 heteroatoms. The van der Waals surface area contributed by atoms with Gasteiger partial charge in [-0.1, -0.05) is 12.1 Å². The average molecular weight is 353 g/mol. The normalized spacial score (nSPS) is 20.7. The van der Waals surface area contributed by atoms with Crippen LogP contribution in [0, 0.1) is 6.92 Å². The predicted molar refractivity (Wildman–Crippen MR) is 102 cm³/mol.